The first kappa shape index (κ1) is 13.0. The molecule has 7 nitrogen and oxygen atoms in total. The molecule has 0 bridgehead atoms. The fourth-order valence-corrected chi connectivity index (χ4v) is 1.51. The number of aryl methyl sites for hydroxylation is 1. The van der Waals surface area contributed by atoms with Crippen LogP contribution in [-0.4, -0.2) is 27.6 Å². The fourth-order valence-electron chi connectivity index (χ4n) is 1.51. The van der Waals surface area contributed by atoms with Crippen molar-refractivity contribution in [2.75, 3.05) is 11.9 Å². The summed E-state index contributed by atoms with van der Waals surface area (Å²) in [7, 11) is 0. The molecular formula is C12H15N5O2. The second kappa shape index (κ2) is 5.94. The Morgan fingerprint density at radius 1 is 1.47 bits per heavy atom. The Labute approximate surface area is 110 Å². The number of hydrogen-bond donors (Lipinski definition) is 2. The van der Waals surface area contributed by atoms with Gasteiger partial charge in [0.1, 0.15) is 5.69 Å². The third kappa shape index (κ3) is 3.51. The highest BCUT2D eigenvalue weighted by molar-refractivity contribution is 5.93. The zero-order valence-corrected chi connectivity index (χ0v) is 10.8. The van der Waals surface area contributed by atoms with Crippen molar-refractivity contribution >= 4 is 11.6 Å². The summed E-state index contributed by atoms with van der Waals surface area (Å²) in [6, 6.07) is 3.45. The van der Waals surface area contributed by atoms with Crippen molar-refractivity contribution in [1.29, 1.82) is 0 Å². The smallest absolute Gasteiger partial charge is 0.269 e. The molecule has 2 heterocycles. The van der Waals surface area contributed by atoms with E-state index >= 15 is 0 Å². The predicted molar refractivity (Wildman–Crippen MR) is 68.6 cm³/mol. The van der Waals surface area contributed by atoms with Crippen molar-refractivity contribution in [1.82, 2.24) is 20.4 Å². The van der Waals surface area contributed by atoms with Crippen LogP contribution < -0.4 is 10.6 Å². The molecule has 0 radical (unpaired) electrons. The molecule has 0 saturated carbocycles. The van der Waals surface area contributed by atoms with Crippen LogP contribution in [0.25, 0.3) is 0 Å². The first-order valence-corrected chi connectivity index (χ1v) is 5.96. The number of anilines is 1. The number of pyridine rings is 1. The number of rotatable bonds is 5. The van der Waals surface area contributed by atoms with Gasteiger partial charge in [0, 0.05) is 25.4 Å². The number of nitrogens with one attached hydrogen (secondary N) is 2. The van der Waals surface area contributed by atoms with Crippen LogP contribution in [0.1, 0.15) is 29.1 Å². The van der Waals surface area contributed by atoms with E-state index in [0.717, 1.165) is 5.69 Å². The van der Waals surface area contributed by atoms with Crippen molar-refractivity contribution < 1.29 is 9.32 Å². The van der Waals surface area contributed by atoms with Crippen molar-refractivity contribution in [3.63, 3.8) is 0 Å². The Bertz CT molecular complexity index is 567. The minimum atomic E-state index is -0.193. The molecule has 2 aromatic heterocycles. The van der Waals surface area contributed by atoms with E-state index in [4.69, 9.17) is 4.52 Å². The second-order valence-corrected chi connectivity index (χ2v) is 3.87. The van der Waals surface area contributed by atoms with Gasteiger partial charge < -0.3 is 15.2 Å². The highest BCUT2D eigenvalue weighted by Crippen LogP contribution is 2.09. The third-order valence-electron chi connectivity index (χ3n) is 2.35. The van der Waals surface area contributed by atoms with Gasteiger partial charge in [-0.3, -0.25) is 9.78 Å². The summed E-state index contributed by atoms with van der Waals surface area (Å²) in [5.74, 6) is 0.893. The van der Waals surface area contributed by atoms with E-state index in [9.17, 15) is 4.79 Å². The number of amides is 1. The molecule has 100 valence electrons. The van der Waals surface area contributed by atoms with Crippen LogP contribution in [0.15, 0.2) is 22.9 Å². The Morgan fingerprint density at radius 2 is 2.32 bits per heavy atom. The lowest BCUT2D eigenvalue weighted by Gasteiger charge is -2.05. The average molecular weight is 261 g/mol. The largest absolute Gasteiger partial charge is 0.377 e. The minimum absolute atomic E-state index is 0.193. The summed E-state index contributed by atoms with van der Waals surface area (Å²) in [4.78, 5) is 19.7. The number of carbonyl (C=O) groups excluding carboxylic acids is 1. The highest BCUT2D eigenvalue weighted by atomic mass is 16.5. The second-order valence-electron chi connectivity index (χ2n) is 3.87. The molecule has 0 aromatic carbocycles. The van der Waals surface area contributed by atoms with Gasteiger partial charge in [-0.2, -0.15) is 4.98 Å². The minimum Gasteiger partial charge on any atom is -0.377 e. The van der Waals surface area contributed by atoms with Gasteiger partial charge in [0.2, 0.25) is 5.89 Å². The molecule has 0 aliphatic rings. The maximum atomic E-state index is 11.6. The number of carbonyl (C=O) groups is 1. The Balaban J connectivity index is 2.00. The van der Waals surface area contributed by atoms with Gasteiger partial charge >= 0.3 is 0 Å². The molecule has 0 aliphatic heterocycles. The van der Waals surface area contributed by atoms with E-state index in [1.807, 2.05) is 6.92 Å². The monoisotopic (exact) mass is 261 g/mol. The molecule has 7 heteroatoms. The van der Waals surface area contributed by atoms with Gasteiger partial charge in [0.15, 0.2) is 5.82 Å². The number of hydrogen-bond acceptors (Lipinski definition) is 6. The Morgan fingerprint density at radius 3 is 3.00 bits per heavy atom. The van der Waals surface area contributed by atoms with Gasteiger partial charge in [-0.1, -0.05) is 5.16 Å². The van der Waals surface area contributed by atoms with Crippen molar-refractivity contribution in [3.05, 3.63) is 35.7 Å². The molecule has 2 N–H and O–H groups in total. The topological polar surface area (TPSA) is 92.9 Å². The zero-order valence-electron chi connectivity index (χ0n) is 10.8. The van der Waals surface area contributed by atoms with E-state index in [1.54, 1.807) is 25.3 Å². The van der Waals surface area contributed by atoms with Crippen LogP contribution in [0.4, 0.5) is 5.69 Å². The fraction of sp³-hybridized carbons (Fsp3) is 0.333. The van der Waals surface area contributed by atoms with Gasteiger partial charge in [0.05, 0.1) is 6.54 Å². The quantitative estimate of drug-likeness (QED) is 0.838. The van der Waals surface area contributed by atoms with E-state index in [0.29, 0.717) is 30.5 Å². The van der Waals surface area contributed by atoms with Crippen LogP contribution in [-0.2, 0) is 6.54 Å². The molecule has 0 saturated heterocycles. The van der Waals surface area contributed by atoms with Crippen LogP contribution in [0, 0.1) is 6.92 Å². The molecule has 1 amide bonds. The van der Waals surface area contributed by atoms with Gasteiger partial charge in [0.25, 0.3) is 5.91 Å². The predicted octanol–water partition coefficient (Wildman–Crippen LogP) is 1.13. The molecule has 0 fully saturated rings. The molecule has 19 heavy (non-hydrogen) atoms. The van der Waals surface area contributed by atoms with E-state index < -0.39 is 0 Å². The lowest BCUT2D eigenvalue weighted by atomic mass is 10.3. The average Bonchev–Trinajstić information content (AvgIpc) is 2.83. The van der Waals surface area contributed by atoms with Crippen molar-refractivity contribution in [2.45, 2.75) is 20.4 Å². The first-order chi connectivity index (χ1) is 9.19. The molecule has 0 atom stereocenters. The standard InChI is InChI=1S/C12H15N5O2/c1-3-13-12(18)10-6-9(4-5-14-10)15-7-11-16-8(2)19-17-11/h4-6H,3,7H2,1-2H3,(H,13,18)(H,14,15). The summed E-state index contributed by atoms with van der Waals surface area (Å²) < 4.78 is 4.87. The molecule has 0 spiro atoms. The van der Waals surface area contributed by atoms with Gasteiger partial charge in [-0.25, -0.2) is 0 Å². The van der Waals surface area contributed by atoms with Crippen LogP contribution in [0.2, 0.25) is 0 Å². The summed E-state index contributed by atoms with van der Waals surface area (Å²) in [6.45, 7) is 4.59. The molecular weight excluding hydrogens is 246 g/mol. The Hall–Kier alpha value is -2.44. The molecule has 2 rings (SSSR count). The van der Waals surface area contributed by atoms with E-state index in [-0.39, 0.29) is 5.91 Å². The van der Waals surface area contributed by atoms with Gasteiger partial charge in [-0.15, -0.1) is 0 Å². The maximum Gasteiger partial charge on any atom is 0.269 e. The van der Waals surface area contributed by atoms with Crippen molar-refractivity contribution in [2.24, 2.45) is 0 Å². The summed E-state index contributed by atoms with van der Waals surface area (Å²) >= 11 is 0. The molecule has 0 aliphatic carbocycles. The molecule has 2 aromatic rings. The normalized spacial score (nSPS) is 10.2. The maximum absolute atomic E-state index is 11.6. The lowest BCUT2D eigenvalue weighted by Crippen LogP contribution is -2.23. The summed E-state index contributed by atoms with van der Waals surface area (Å²) in [5.41, 5.74) is 1.15. The zero-order chi connectivity index (χ0) is 13.7. The number of nitrogens with zero attached hydrogens (tertiary/aromatic N) is 3. The Kier molecular flexibility index (Phi) is 4.07. The summed E-state index contributed by atoms with van der Waals surface area (Å²) in [6.07, 6.45) is 1.58. The number of aromatic nitrogens is 3. The van der Waals surface area contributed by atoms with Gasteiger partial charge in [-0.05, 0) is 19.1 Å². The van der Waals surface area contributed by atoms with E-state index in [1.165, 1.54) is 0 Å². The lowest BCUT2D eigenvalue weighted by molar-refractivity contribution is 0.0951. The summed E-state index contributed by atoms with van der Waals surface area (Å²) in [5, 5.41) is 9.58. The SMILES string of the molecule is CCNC(=O)c1cc(NCc2noc(C)n2)ccn1. The van der Waals surface area contributed by atoms with Crippen LogP contribution in [0.3, 0.4) is 0 Å². The van der Waals surface area contributed by atoms with Crippen molar-refractivity contribution in [3.8, 4) is 0 Å². The molecule has 0 unspecified atom stereocenters. The highest BCUT2D eigenvalue weighted by Gasteiger charge is 2.07. The third-order valence-corrected chi connectivity index (χ3v) is 2.35. The van der Waals surface area contributed by atoms with Crippen LogP contribution in [0.5, 0.6) is 0 Å². The first-order valence-electron chi connectivity index (χ1n) is 5.96. The van der Waals surface area contributed by atoms with E-state index in [2.05, 4.69) is 25.8 Å². The van der Waals surface area contributed by atoms with Crippen LogP contribution >= 0.6 is 0 Å².